The number of carbonyl (C=O) groups excluding carboxylic acids is 2. The van der Waals surface area contributed by atoms with Gasteiger partial charge in [0.05, 0.1) is 0 Å². The topological polar surface area (TPSA) is 37.4 Å². The Labute approximate surface area is 117 Å². The number of ketones is 2. The number of carbonyl (C=O) groups is 2. The van der Waals surface area contributed by atoms with Crippen molar-refractivity contribution in [2.45, 2.75) is 31.2 Å². The van der Waals surface area contributed by atoms with Crippen molar-refractivity contribution >= 4 is 23.2 Å². The van der Waals surface area contributed by atoms with Crippen LogP contribution in [-0.4, -0.2) is 35.6 Å². The molecule has 4 heteroatoms. The van der Waals surface area contributed by atoms with Crippen molar-refractivity contribution in [3.63, 3.8) is 0 Å². The van der Waals surface area contributed by atoms with Crippen LogP contribution in [0.2, 0.25) is 5.02 Å². The number of rotatable bonds is 1. The van der Waals surface area contributed by atoms with Gasteiger partial charge in [0.15, 0.2) is 11.6 Å². The third-order valence-electron chi connectivity index (χ3n) is 4.59. The van der Waals surface area contributed by atoms with E-state index in [0.29, 0.717) is 17.9 Å². The summed E-state index contributed by atoms with van der Waals surface area (Å²) in [6.07, 6.45) is 0.894. The minimum atomic E-state index is -0.999. The predicted octanol–water partition coefficient (Wildman–Crippen LogP) is 2.21. The third-order valence-corrected chi connectivity index (χ3v) is 4.82. The summed E-state index contributed by atoms with van der Waals surface area (Å²) in [7, 11) is 0. The van der Waals surface area contributed by atoms with E-state index in [1.54, 1.807) is 12.1 Å². The van der Waals surface area contributed by atoms with Gasteiger partial charge in [-0.3, -0.25) is 14.5 Å². The summed E-state index contributed by atoms with van der Waals surface area (Å²) in [5, 5.41) is 0.572. The number of fused-ring (bicyclic) bond motifs is 2. The van der Waals surface area contributed by atoms with Crippen molar-refractivity contribution in [1.82, 2.24) is 4.90 Å². The molecular formula is C15H16ClNO2. The SMILES string of the molecule is CC1N2CCC(=O)C1(c1cccc(Cl)c1)C(=O)CC2. The summed E-state index contributed by atoms with van der Waals surface area (Å²) >= 11 is 6.04. The summed E-state index contributed by atoms with van der Waals surface area (Å²) < 4.78 is 0. The molecule has 0 spiro atoms. The second-order valence-electron chi connectivity index (χ2n) is 5.38. The van der Waals surface area contributed by atoms with Gasteiger partial charge in [-0.2, -0.15) is 0 Å². The smallest absolute Gasteiger partial charge is 0.153 e. The highest BCUT2D eigenvalue weighted by molar-refractivity contribution is 6.30. The van der Waals surface area contributed by atoms with Crippen LogP contribution in [0.3, 0.4) is 0 Å². The summed E-state index contributed by atoms with van der Waals surface area (Å²) in [6.45, 7) is 3.50. The second-order valence-corrected chi connectivity index (χ2v) is 5.81. The van der Waals surface area contributed by atoms with Crippen LogP contribution in [0.15, 0.2) is 24.3 Å². The van der Waals surface area contributed by atoms with Crippen LogP contribution in [0.1, 0.15) is 25.3 Å². The van der Waals surface area contributed by atoms with E-state index in [0.717, 1.165) is 18.7 Å². The zero-order valence-electron chi connectivity index (χ0n) is 10.9. The van der Waals surface area contributed by atoms with E-state index in [1.165, 1.54) is 0 Å². The van der Waals surface area contributed by atoms with Crippen LogP contribution in [0.4, 0.5) is 0 Å². The molecule has 1 unspecified atom stereocenters. The highest BCUT2D eigenvalue weighted by Crippen LogP contribution is 2.42. The number of piperidine rings is 2. The van der Waals surface area contributed by atoms with Gasteiger partial charge in [0.1, 0.15) is 5.41 Å². The molecule has 1 aromatic rings. The normalized spacial score (nSPS) is 34.4. The lowest BCUT2D eigenvalue weighted by Crippen LogP contribution is -2.66. The average molecular weight is 278 g/mol. The third kappa shape index (κ3) is 1.68. The maximum absolute atomic E-state index is 12.6. The summed E-state index contributed by atoms with van der Waals surface area (Å²) in [6, 6.07) is 7.13. The summed E-state index contributed by atoms with van der Waals surface area (Å²) in [5.74, 6) is 0.0893. The average Bonchev–Trinajstić information content (AvgIpc) is 2.37. The van der Waals surface area contributed by atoms with E-state index in [9.17, 15) is 9.59 Å². The predicted molar refractivity (Wildman–Crippen MR) is 73.4 cm³/mol. The fraction of sp³-hybridized carbons (Fsp3) is 0.467. The van der Waals surface area contributed by atoms with Gasteiger partial charge in [0, 0.05) is 37.0 Å². The molecule has 2 fully saturated rings. The largest absolute Gasteiger partial charge is 0.298 e. The fourth-order valence-electron chi connectivity index (χ4n) is 3.58. The first-order valence-electron chi connectivity index (χ1n) is 6.63. The Bertz CT molecular complexity index is 535. The first-order chi connectivity index (χ1) is 9.06. The molecule has 2 saturated heterocycles. The van der Waals surface area contributed by atoms with Crippen LogP contribution in [0.5, 0.6) is 0 Å². The number of Topliss-reactive ketones (excluding diaryl/α,β-unsaturated/α-hetero) is 2. The maximum Gasteiger partial charge on any atom is 0.153 e. The Kier molecular flexibility index (Phi) is 2.99. The number of halogens is 1. The molecule has 100 valence electrons. The van der Waals surface area contributed by atoms with E-state index in [2.05, 4.69) is 4.90 Å². The first kappa shape index (κ1) is 12.8. The van der Waals surface area contributed by atoms with Gasteiger partial charge >= 0.3 is 0 Å². The quantitative estimate of drug-likeness (QED) is 0.739. The van der Waals surface area contributed by atoms with E-state index in [-0.39, 0.29) is 17.6 Å². The molecule has 0 radical (unpaired) electrons. The lowest BCUT2D eigenvalue weighted by atomic mass is 9.62. The molecule has 2 aliphatic rings. The van der Waals surface area contributed by atoms with Crippen LogP contribution in [0.25, 0.3) is 0 Å². The Hall–Kier alpha value is -1.19. The van der Waals surface area contributed by atoms with Crippen molar-refractivity contribution in [3.8, 4) is 0 Å². The highest BCUT2D eigenvalue weighted by Gasteiger charge is 2.56. The molecule has 0 amide bonds. The van der Waals surface area contributed by atoms with Crippen molar-refractivity contribution in [3.05, 3.63) is 34.9 Å². The van der Waals surface area contributed by atoms with Crippen molar-refractivity contribution in [1.29, 1.82) is 0 Å². The van der Waals surface area contributed by atoms with Crippen LogP contribution >= 0.6 is 11.6 Å². The molecule has 0 aromatic heterocycles. The molecule has 0 N–H and O–H groups in total. The van der Waals surface area contributed by atoms with Gasteiger partial charge in [-0.1, -0.05) is 23.7 Å². The molecule has 1 atom stereocenters. The van der Waals surface area contributed by atoms with Gasteiger partial charge in [0.2, 0.25) is 0 Å². The van der Waals surface area contributed by atoms with Crippen molar-refractivity contribution < 1.29 is 9.59 Å². The van der Waals surface area contributed by atoms with Gasteiger partial charge in [0.25, 0.3) is 0 Å². The molecule has 2 aliphatic heterocycles. The molecule has 0 saturated carbocycles. The monoisotopic (exact) mass is 277 g/mol. The molecule has 1 aromatic carbocycles. The van der Waals surface area contributed by atoms with Crippen LogP contribution in [-0.2, 0) is 15.0 Å². The standard InChI is InChI=1S/C15H16ClNO2/c1-10-15(11-3-2-4-12(16)9-11)13(18)5-7-17(10)8-6-14(15)19/h2-4,9-10H,5-8H2,1H3. The Balaban J connectivity index is 2.20. The maximum atomic E-state index is 12.6. The van der Waals surface area contributed by atoms with Gasteiger partial charge in [-0.05, 0) is 24.6 Å². The molecule has 2 bridgehead atoms. The number of nitrogens with zero attached hydrogens (tertiary/aromatic N) is 1. The summed E-state index contributed by atoms with van der Waals surface area (Å²) in [4.78, 5) is 27.4. The Morgan fingerprint density at radius 1 is 1.21 bits per heavy atom. The fourth-order valence-corrected chi connectivity index (χ4v) is 3.77. The highest BCUT2D eigenvalue weighted by atomic mass is 35.5. The van der Waals surface area contributed by atoms with Gasteiger partial charge in [-0.15, -0.1) is 0 Å². The summed E-state index contributed by atoms with van der Waals surface area (Å²) in [5.41, 5.74) is -0.242. The molecule has 3 nitrogen and oxygen atoms in total. The van der Waals surface area contributed by atoms with E-state index in [1.807, 2.05) is 19.1 Å². The molecular weight excluding hydrogens is 262 g/mol. The van der Waals surface area contributed by atoms with Crippen molar-refractivity contribution in [2.24, 2.45) is 0 Å². The van der Waals surface area contributed by atoms with Gasteiger partial charge in [-0.25, -0.2) is 0 Å². The van der Waals surface area contributed by atoms with Crippen LogP contribution in [0, 0.1) is 0 Å². The molecule has 3 rings (SSSR count). The van der Waals surface area contributed by atoms with E-state index < -0.39 is 5.41 Å². The lowest BCUT2D eigenvalue weighted by molar-refractivity contribution is -0.146. The van der Waals surface area contributed by atoms with Gasteiger partial charge < -0.3 is 0 Å². The number of benzene rings is 1. The van der Waals surface area contributed by atoms with Crippen molar-refractivity contribution in [2.75, 3.05) is 13.1 Å². The molecule has 2 heterocycles. The molecule has 19 heavy (non-hydrogen) atoms. The number of hydrogen-bond acceptors (Lipinski definition) is 3. The first-order valence-corrected chi connectivity index (χ1v) is 7.01. The molecule has 0 aliphatic carbocycles. The minimum Gasteiger partial charge on any atom is -0.298 e. The van der Waals surface area contributed by atoms with E-state index >= 15 is 0 Å². The zero-order chi connectivity index (χ0) is 13.6. The zero-order valence-corrected chi connectivity index (χ0v) is 11.6. The second kappa shape index (κ2) is 4.43. The Morgan fingerprint density at radius 3 is 2.42 bits per heavy atom. The number of hydrogen-bond donors (Lipinski definition) is 0. The minimum absolute atomic E-state index is 0.0446. The van der Waals surface area contributed by atoms with Crippen LogP contribution < -0.4 is 0 Å². The Morgan fingerprint density at radius 2 is 1.84 bits per heavy atom. The van der Waals surface area contributed by atoms with E-state index in [4.69, 9.17) is 11.6 Å². The lowest BCUT2D eigenvalue weighted by Gasteiger charge is -2.50.